The third kappa shape index (κ3) is 9.16. The minimum Gasteiger partial charge on any atom is -0.460 e. The van der Waals surface area contributed by atoms with Gasteiger partial charge < -0.3 is 20.1 Å². The molecule has 0 aliphatic heterocycles. The van der Waals surface area contributed by atoms with Crippen LogP contribution in [0, 0.1) is 0 Å². The summed E-state index contributed by atoms with van der Waals surface area (Å²) in [6.45, 7) is 0.0212. The van der Waals surface area contributed by atoms with E-state index in [2.05, 4.69) is 10.6 Å². The van der Waals surface area contributed by atoms with Crippen LogP contribution in [-0.4, -0.2) is 30.6 Å². The second kappa shape index (κ2) is 13.4. The summed E-state index contributed by atoms with van der Waals surface area (Å²) in [5.74, 6) is -0.909. The zero-order chi connectivity index (χ0) is 24.0. The fourth-order valence-corrected chi connectivity index (χ4v) is 3.26. The van der Waals surface area contributed by atoms with E-state index in [0.717, 1.165) is 16.7 Å². The molecule has 0 spiro atoms. The number of nitrogens with one attached hydrogen (secondary N) is 2. The predicted molar refractivity (Wildman–Crippen MR) is 128 cm³/mol. The minimum absolute atomic E-state index is 0.0126. The molecule has 176 valence electrons. The molecule has 2 N–H and O–H groups in total. The zero-order valence-electron chi connectivity index (χ0n) is 18.8. The van der Waals surface area contributed by atoms with Crippen LogP contribution in [0.1, 0.15) is 23.1 Å². The van der Waals surface area contributed by atoms with Gasteiger partial charge in [-0.3, -0.25) is 9.59 Å². The van der Waals surface area contributed by atoms with Gasteiger partial charge in [0.1, 0.15) is 19.8 Å². The van der Waals surface area contributed by atoms with Crippen molar-refractivity contribution in [1.82, 2.24) is 10.6 Å². The molecule has 0 aliphatic carbocycles. The molecular formula is C27H28N2O5. The number of carbonyl (C=O) groups excluding carboxylic acids is 3. The minimum atomic E-state index is -0.611. The van der Waals surface area contributed by atoms with Crippen LogP contribution in [0.25, 0.3) is 0 Å². The number of rotatable bonds is 11. The highest BCUT2D eigenvalue weighted by Gasteiger charge is 2.19. The molecule has 3 rings (SSSR count). The Balaban J connectivity index is 1.48. The molecule has 0 bridgehead atoms. The summed E-state index contributed by atoms with van der Waals surface area (Å²) in [5.41, 5.74) is 2.69. The van der Waals surface area contributed by atoms with Gasteiger partial charge in [0.25, 0.3) is 0 Å². The molecule has 1 unspecified atom stereocenters. The van der Waals surface area contributed by atoms with E-state index < -0.39 is 18.1 Å². The maximum absolute atomic E-state index is 12.5. The summed E-state index contributed by atoms with van der Waals surface area (Å²) in [6.07, 6.45) is -0.186. The van der Waals surface area contributed by atoms with E-state index in [0.29, 0.717) is 6.42 Å². The molecule has 3 aromatic rings. The van der Waals surface area contributed by atoms with Crippen molar-refractivity contribution in [3.05, 3.63) is 108 Å². The van der Waals surface area contributed by atoms with Crippen LogP contribution in [-0.2, 0) is 38.7 Å². The van der Waals surface area contributed by atoms with E-state index in [1.165, 1.54) is 0 Å². The quantitative estimate of drug-likeness (QED) is 0.425. The Morgan fingerprint density at radius 2 is 1.18 bits per heavy atom. The predicted octanol–water partition coefficient (Wildman–Crippen LogP) is 3.77. The fourth-order valence-electron chi connectivity index (χ4n) is 3.26. The number of amides is 2. The number of ether oxygens (including phenoxy) is 2. The summed E-state index contributed by atoms with van der Waals surface area (Å²) < 4.78 is 10.5. The lowest BCUT2D eigenvalue weighted by molar-refractivity contribution is -0.145. The second-order valence-electron chi connectivity index (χ2n) is 7.72. The highest BCUT2D eigenvalue weighted by atomic mass is 16.5. The van der Waals surface area contributed by atoms with E-state index in [1.54, 1.807) is 0 Å². The molecule has 0 fully saturated rings. The lowest BCUT2D eigenvalue weighted by Gasteiger charge is -2.18. The van der Waals surface area contributed by atoms with Crippen molar-refractivity contribution < 1.29 is 23.9 Å². The molecule has 34 heavy (non-hydrogen) atoms. The Morgan fingerprint density at radius 1 is 0.676 bits per heavy atom. The number of carbonyl (C=O) groups is 3. The largest absolute Gasteiger partial charge is 0.460 e. The van der Waals surface area contributed by atoms with Gasteiger partial charge in [-0.2, -0.15) is 0 Å². The summed E-state index contributed by atoms with van der Waals surface area (Å²) in [5, 5.41) is 5.32. The average Bonchev–Trinajstić information content (AvgIpc) is 2.87. The molecule has 7 nitrogen and oxygen atoms in total. The van der Waals surface area contributed by atoms with E-state index in [1.807, 2.05) is 91.0 Å². The van der Waals surface area contributed by atoms with Crippen LogP contribution < -0.4 is 10.6 Å². The molecule has 7 heteroatoms. The van der Waals surface area contributed by atoms with Crippen LogP contribution >= 0.6 is 0 Å². The molecule has 0 radical (unpaired) electrons. The summed E-state index contributed by atoms with van der Waals surface area (Å²) in [7, 11) is 0. The van der Waals surface area contributed by atoms with E-state index in [-0.39, 0.29) is 32.1 Å². The van der Waals surface area contributed by atoms with Crippen molar-refractivity contribution in [3.63, 3.8) is 0 Å². The molecule has 0 saturated carbocycles. The second-order valence-corrected chi connectivity index (χ2v) is 7.72. The first-order chi connectivity index (χ1) is 16.6. The zero-order valence-corrected chi connectivity index (χ0v) is 18.8. The Morgan fingerprint density at radius 3 is 1.74 bits per heavy atom. The summed E-state index contributed by atoms with van der Waals surface area (Å²) in [4.78, 5) is 36.8. The van der Waals surface area contributed by atoms with Gasteiger partial charge in [0.05, 0.1) is 0 Å². The van der Waals surface area contributed by atoms with Crippen molar-refractivity contribution >= 4 is 18.0 Å². The third-order valence-electron chi connectivity index (χ3n) is 4.96. The standard InChI is InChI=1S/C27H28N2O5/c30-25(28-18-26(31)33-19-22-12-6-2-7-13-22)17-24(16-21-10-4-1-5-11-21)29-27(32)34-20-23-14-8-3-9-15-23/h1-15,24H,16-20H2,(H,28,30)(H,29,32). The molecule has 0 saturated heterocycles. The lowest BCUT2D eigenvalue weighted by Crippen LogP contribution is -2.41. The maximum atomic E-state index is 12.5. The van der Waals surface area contributed by atoms with Gasteiger partial charge in [-0.15, -0.1) is 0 Å². The Labute approximate surface area is 199 Å². The van der Waals surface area contributed by atoms with E-state index in [9.17, 15) is 14.4 Å². The Bertz CT molecular complexity index is 1040. The molecular weight excluding hydrogens is 432 g/mol. The lowest BCUT2D eigenvalue weighted by atomic mass is 10.0. The number of hydrogen-bond donors (Lipinski definition) is 2. The molecule has 0 aliphatic rings. The molecule has 0 aromatic heterocycles. The highest BCUT2D eigenvalue weighted by Crippen LogP contribution is 2.08. The first kappa shape index (κ1) is 24.5. The first-order valence-electron chi connectivity index (χ1n) is 11.1. The summed E-state index contributed by atoms with van der Waals surface area (Å²) in [6, 6.07) is 27.6. The van der Waals surface area contributed by atoms with Crippen molar-refractivity contribution in [3.8, 4) is 0 Å². The van der Waals surface area contributed by atoms with Gasteiger partial charge in [0, 0.05) is 12.5 Å². The van der Waals surface area contributed by atoms with Crippen molar-refractivity contribution in [1.29, 1.82) is 0 Å². The Hall–Kier alpha value is -4.13. The third-order valence-corrected chi connectivity index (χ3v) is 4.96. The van der Waals surface area contributed by atoms with Gasteiger partial charge in [0.15, 0.2) is 0 Å². The van der Waals surface area contributed by atoms with Gasteiger partial charge in [0.2, 0.25) is 5.91 Å². The van der Waals surface area contributed by atoms with Crippen LogP contribution in [0.4, 0.5) is 4.79 Å². The molecule has 3 aromatic carbocycles. The van der Waals surface area contributed by atoms with Crippen molar-refractivity contribution in [2.45, 2.75) is 32.1 Å². The van der Waals surface area contributed by atoms with Crippen LogP contribution in [0.5, 0.6) is 0 Å². The SMILES string of the molecule is O=C(CC(Cc1ccccc1)NC(=O)OCc1ccccc1)NCC(=O)OCc1ccccc1. The van der Waals surface area contributed by atoms with E-state index in [4.69, 9.17) is 9.47 Å². The number of alkyl carbamates (subject to hydrolysis) is 1. The number of esters is 1. The summed E-state index contributed by atoms with van der Waals surface area (Å²) >= 11 is 0. The van der Waals surface area contributed by atoms with Gasteiger partial charge in [-0.25, -0.2) is 4.79 Å². The van der Waals surface area contributed by atoms with Crippen LogP contribution in [0.15, 0.2) is 91.0 Å². The average molecular weight is 461 g/mol. The van der Waals surface area contributed by atoms with E-state index >= 15 is 0 Å². The molecule has 0 heterocycles. The highest BCUT2D eigenvalue weighted by molar-refractivity contribution is 5.82. The first-order valence-corrected chi connectivity index (χ1v) is 11.1. The fraction of sp³-hybridized carbons (Fsp3) is 0.222. The van der Waals surface area contributed by atoms with Crippen LogP contribution in [0.3, 0.4) is 0 Å². The monoisotopic (exact) mass is 460 g/mol. The van der Waals surface area contributed by atoms with Gasteiger partial charge in [-0.05, 0) is 23.1 Å². The molecule has 2 amide bonds. The van der Waals surface area contributed by atoms with Crippen molar-refractivity contribution in [2.24, 2.45) is 0 Å². The topological polar surface area (TPSA) is 93.7 Å². The smallest absolute Gasteiger partial charge is 0.407 e. The number of hydrogen-bond acceptors (Lipinski definition) is 5. The normalized spacial score (nSPS) is 11.2. The van der Waals surface area contributed by atoms with Crippen molar-refractivity contribution in [2.75, 3.05) is 6.54 Å². The van der Waals surface area contributed by atoms with Crippen LogP contribution in [0.2, 0.25) is 0 Å². The number of benzene rings is 3. The van der Waals surface area contributed by atoms with Gasteiger partial charge in [-0.1, -0.05) is 91.0 Å². The Kier molecular flexibility index (Phi) is 9.68. The maximum Gasteiger partial charge on any atom is 0.407 e. The molecule has 1 atom stereocenters. The van der Waals surface area contributed by atoms with Gasteiger partial charge >= 0.3 is 12.1 Å².